The molecule has 0 saturated heterocycles. The highest BCUT2D eigenvalue weighted by molar-refractivity contribution is 8.04. The summed E-state index contributed by atoms with van der Waals surface area (Å²) in [7, 11) is 0. The smallest absolute Gasteiger partial charge is 0.222 e. The molecule has 0 fully saturated rings. The quantitative estimate of drug-likeness (QED) is 0.168. The molecule has 2 atom stereocenters. The first-order valence-corrected chi connectivity index (χ1v) is 20.6. The van der Waals surface area contributed by atoms with Crippen LogP contribution in [0.15, 0.2) is 158 Å². The second-order valence-corrected chi connectivity index (χ2v) is 17.9. The maximum Gasteiger partial charge on any atom is 0.222 e. The van der Waals surface area contributed by atoms with E-state index in [1.165, 1.54) is 75.1 Å². The lowest BCUT2D eigenvalue weighted by atomic mass is 9.32. The largest absolute Gasteiger partial charge is 0.334 e. The summed E-state index contributed by atoms with van der Waals surface area (Å²) in [6, 6.07) is 43.2. The highest BCUT2D eigenvalue weighted by atomic mass is 32.2. The summed E-state index contributed by atoms with van der Waals surface area (Å²) in [6.07, 6.45) is 14.8. The van der Waals surface area contributed by atoms with E-state index in [1.807, 2.05) is 17.8 Å². The number of aromatic nitrogens is 1. The third kappa shape index (κ3) is 5.21. The first-order valence-electron chi connectivity index (χ1n) is 19.0. The number of rotatable bonds is 3. The van der Waals surface area contributed by atoms with Gasteiger partial charge in [-0.3, -0.25) is 0 Å². The Kier molecular flexibility index (Phi) is 7.87. The summed E-state index contributed by atoms with van der Waals surface area (Å²) in [5.74, 6) is 0.328. The third-order valence-electron chi connectivity index (χ3n) is 11.6. The molecule has 0 bridgehead atoms. The van der Waals surface area contributed by atoms with E-state index >= 15 is 0 Å². The number of fused-ring (bicyclic) bond motifs is 9. The number of hydrogen-bond donors (Lipinski definition) is 0. The van der Waals surface area contributed by atoms with Gasteiger partial charge in [0.2, 0.25) is 6.71 Å². The van der Waals surface area contributed by atoms with Gasteiger partial charge in [-0.25, -0.2) is 0 Å². The van der Waals surface area contributed by atoms with Gasteiger partial charge in [0.05, 0.1) is 28.2 Å². The van der Waals surface area contributed by atoms with Gasteiger partial charge in [-0.05, 0) is 95.6 Å². The van der Waals surface area contributed by atoms with Gasteiger partial charge in [-0.15, -0.1) is 0 Å². The van der Waals surface area contributed by atoms with E-state index in [0.29, 0.717) is 5.82 Å². The van der Waals surface area contributed by atoms with Gasteiger partial charge in [0.1, 0.15) is 0 Å². The molecule has 5 aromatic carbocycles. The summed E-state index contributed by atoms with van der Waals surface area (Å²) in [5, 5.41) is 2.38. The van der Waals surface area contributed by atoms with Crippen molar-refractivity contribution in [2.75, 3.05) is 4.90 Å². The lowest BCUT2D eigenvalue weighted by molar-refractivity contribution is 0.587. The number of nitrogens with zero attached hydrogens (tertiary/aromatic N) is 2. The van der Waals surface area contributed by atoms with Crippen molar-refractivity contribution in [3.8, 4) is 5.69 Å². The van der Waals surface area contributed by atoms with Crippen molar-refractivity contribution in [2.24, 2.45) is 0 Å². The Morgan fingerprint density at radius 3 is 2.38 bits per heavy atom. The van der Waals surface area contributed by atoms with Gasteiger partial charge in [0, 0.05) is 36.4 Å². The Hall–Kier alpha value is -4.76. The minimum absolute atomic E-state index is 0.0154. The first-order chi connectivity index (χ1) is 25.9. The van der Waals surface area contributed by atoms with Crippen molar-refractivity contribution in [1.82, 2.24) is 4.57 Å². The average Bonchev–Trinajstić information content (AvgIpc) is 3.56. The molecule has 53 heavy (non-hydrogen) atoms. The molecule has 0 radical (unpaired) electrons. The van der Waals surface area contributed by atoms with Crippen molar-refractivity contribution in [3.05, 3.63) is 161 Å². The van der Waals surface area contributed by atoms with E-state index in [2.05, 4.69) is 182 Å². The van der Waals surface area contributed by atoms with E-state index in [4.69, 9.17) is 0 Å². The van der Waals surface area contributed by atoms with E-state index in [9.17, 15) is 0 Å². The Labute approximate surface area is 322 Å². The molecule has 6 aromatic rings. The monoisotopic (exact) mass is 720 g/mol. The molecule has 2 nitrogen and oxygen atoms in total. The fourth-order valence-corrected chi connectivity index (χ4v) is 11.9. The Morgan fingerprint density at radius 2 is 1.62 bits per heavy atom. The number of thioether (sulfide) groups is 1. The molecule has 0 saturated carbocycles. The fraction of sp³-hybridized carbons (Fsp3) is 0.208. The number of anilines is 1. The van der Waals surface area contributed by atoms with Gasteiger partial charge < -0.3 is 9.47 Å². The van der Waals surface area contributed by atoms with E-state index < -0.39 is 0 Å². The third-order valence-corrected chi connectivity index (χ3v) is 14.0. The van der Waals surface area contributed by atoms with Crippen LogP contribution in [0, 0.1) is 12.1 Å². The second-order valence-electron chi connectivity index (χ2n) is 15.7. The van der Waals surface area contributed by atoms with E-state index in [0.717, 1.165) is 24.6 Å². The van der Waals surface area contributed by atoms with Crippen molar-refractivity contribution < 1.29 is 0 Å². The molecule has 10 rings (SSSR count). The molecule has 258 valence electrons. The molecule has 1 aliphatic carbocycles. The number of hydrogen-bond acceptors (Lipinski definition) is 3. The molecular formula is C48H41BN2S2. The molecular weight excluding hydrogens is 679 g/mol. The molecule has 0 spiro atoms. The molecule has 0 amide bonds. The number of allylic oxidation sites excluding steroid dienone is 6. The number of para-hydroxylation sites is 2. The SMILES string of the molecule is CCC1/C=C\C=C/CC2=CCC3B4c5ccc6c7c#cccc7n(-c7ccccc7)c6c5Sc5cc(C(C)(C)C)cc(c54)SC3=C2N1c1ccccc1. The molecule has 3 aliphatic heterocycles. The second kappa shape index (κ2) is 12.7. The van der Waals surface area contributed by atoms with Crippen LogP contribution in [0.4, 0.5) is 5.69 Å². The van der Waals surface area contributed by atoms with Crippen LogP contribution in [-0.4, -0.2) is 17.3 Å². The van der Waals surface area contributed by atoms with Gasteiger partial charge in [0.15, 0.2) is 0 Å². The van der Waals surface area contributed by atoms with Gasteiger partial charge >= 0.3 is 0 Å². The van der Waals surface area contributed by atoms with Crippen LogP contribution in [0.1, 0.15) is 52.5 Å². The molecule has 1 aromatic heterocycles. The van der Waals surface area contributed by atoms with Crippen LogP contribution in [0.25, 0.3) is 27.5 Å². The predicted molar refractivity (Wildman–Crippen MR) is 228 cm³/mol. The van der Waals surface area contributed by atoms with Crippen LogP contribution in [0.2, 0.25) is 5.82 Å². The zero-order valence-corrected chi connectivity index (χ0v) is 32.3. The van der Waals surface area contributed by atoms with Gasteiger partial charge in [-0.2, -0.15) is 0 Å². The zero-order chi connectivity index (χ0) is 35.8. The van der Waals surface area contributed by atoms with Crippen LogP contribution >= 0.6 is 23.5 Å². The highest BCUT2D eigenvalue weighted by Gasteiger charge is 2.47. The first kappa shape index (κ1) is 32.9. The van der Waals surface area contributed by atoms with Crippen molar-refractivity contribution in [2.45, 2.75) is 78.9 Å². The summed E-state index contributed by atoms with van der Waals surface area (Å²) in [6.45, 7) is 9.64. The minimum Gasteiger partial charge on any atom is -0.334 e. The standard InChI is InChI=1S/C48H41BN2S2/c1-5-33-18-10-6-9-17-31-25-27-38-46(44(31)50(33)34-19-11-7-12-20-34)52-41-29-32(48(2,3)4)30-42-43(41)49(38)39-28-26-37-36-23-15-16-24-40(36)51(45(37)47(39)53-42)35-21-13-8-14-22-35/h6-14,16,18-22,24-26,28-30,33,38H,5,17,27H2,1-4H3/b9-6-,18-10-. The summed E-state index contributed by atoms with van der Waals surface area (Å²) in [5.41, 5.74) is 12.1. The lowest BCUT2D eigenvalue weighted by Crippen LogP contribution is -2.54. The molecule has 5 heteroatoms. The molecule has 4 aliphatic rings. The summed E-state index contributed by atoms with van der Waals surface area (Å²) >= 11 is 4.05. The predicted octanol–water partition coefficient (Wildman–Crippen LogP) is 11.6. The maximum atomic E-state index is 3.52. The van der Waals surface area contributed by atoms with Crippen molar-refractivity contribution in [1.29, 1.82) is 0 Å². The van der Waals surface area contributed by atoms with Crippen LogP contribution in [-0.2, 0) is 5.41 Å². The van der Waals surface area contributed by atoms with Gasteiger partial charge in [-0.1, -0.05) is 148 Å². The molecule has 2 unspecified atom stereocenters. The number of benzene rings is 4. The van der Waals surface area contributed by atoms with Crippen LogP contribution < -0.4 is 15.8 Å². The van der Waals surface area contributed by atoms with E-state index in [-0.39, 0.29) is 18.2 Å². The zero-order valence-electron chi connectivity index (χ0n) is 30.7. The fourth-order valence-electron chi connectivity index (χ4n) is 9.03. The van der Waals surface area contributed by atoms with Crippen molar-refractivity contribution in [3.63, 3.8) is 0 Å². The van der Waals surface area contributed by atoms with Crippen LogP contribution in [0.5, 0.6) is 0 Å². The molecule has 0 N–H and O–H groups in total. The normalized spacial score (nSPS) is 20.3. The average molecular weight is 721 g/mol. The Balaban J connectivity index is 1.28. The summed E-state index contributed by atoms with van der Waals surface area (Å²) < 4.78 is 2.48. The van der Waals surface area contributed by atoms with Crippen molar-refractivity contribution >= 4 is 68.7 Å². The Bertz CT molecular complexity index is 2550. The summed E-state index contributed by atoms with van der Waals surface area (Å²) in [4.78, 5) is 8.41. The maximum absolute atomic E-state index is 3.52. The Morgan fingerprint density at radius 1 is 0.868 bits per heavy atom. The topological polar surface area (TPSA) is 8.17 Å². The van der Waals surface area contributed by atoms with Gasteiger partial charge in [0.25, 0.3) is 0 Å². The highest BCUT2D eigenvalue weighted by Crippen LogP contribution is 2.55. The lowest BCUT2D eigenvalue weighted by Gasteiger charge is -2.45. The van der Waals surface area contributed by atoms with Crippen LogP contribution in [0.3, 0.4) is 0 Å². The minimum atomic E-state index is 0.0154. The van der Waals surface area contributed by atoms with E-state index in [1.54, 1.807) is 0 Å². The molecule has 4 heterocycles.